The molecule has 1 saturated carbocycles. The van der Waals surface area contributed by atoms with Crippen LogP contribution in [0.5, 0.6) is 0 Å². The van der Waals surface area contributed by atoms with Gasteiger partial charge in [-0.15, -0.1) is 0 Å². The molecule has 2 aliphatic heterocycles. The van der Waals surface area contributed by atoms with E-state index in [9.17, 15) is 13.2 Å². The van der Waals surface area contributed by atoms with E-state index in [0.717, 1.165) is 58.3 Å². The van der Waals surface area contributed by atoms with E-state index in [4.69, 9.17) is 0 Å². The van der Waals surface area contributed by atoms with Crippen molar-refractivity contribution in [3.63, 3.8) is 0 Å². The van der Waals surface area contributed by atoms with Crippen LogP contribution in [0, 0.1) is 5.92 Å². The number of nitrogens with zero attached hydrogens (tertiary/aromatic N) is 3. The zero-order chi connectivity index (χ0) is 17.9. The van der Waals surface area contributed by atoms with E-state index in [-0.39, 0.29) is 23.6 Å². The highest BCUT2D eigenvalue weighted by molar-refractivity contribution is 7.89. The van der Waals surface area contributed by atoms with Crippen molar-refractivity contribution in [2.75, 3.05) is 45.0 Å². The van der Waals surface area contributed by atoms with Crippen LogP contribution in [0.1, 0.15) is 51.9 Å². The normalized spacial score (nSPS) is 26.5. The van der Waals surface area contributed by atoms with Crippen LogP contribution in [-0.4, -0.2) is 79.5 Å². The third-order valence-electron chi connectivity index (χ3n) is 6.15. The molecule has 0 N–H and O–H groups in total. The zero-order valence-corrected chi connectivity index (χ0v) is 16.3. The molecular weight excluding hydrogens is 338 g/mol. The van der Waals surface area contributed by atoms with Crippen molar-refractivity contribution in [1.82, 2.24) is 14.1 Å². The van der Waals surface area contributed by atoms with Crippen LogP contribution in [0.2, 0.25) is 0 Å². The molecule has 1 aliphatic carbocycles. The van der Waals surface area contributed by atoms with Gasteiger partial charge in [0.05, 0.1) is 5.75 Å². The van der Waals surface area contributed by atoms with E-state index in [1.807, 2.05) is 4.90 Å². The standard InChI is InChI=1S/C18H33N3O3S/c1-2-25(23,24)20-12-6-9-17(15-20)21(18(22)16-7-5-8-16)14-13-19-10-3-4-11-19/h16-17H,2-15H2,1H3. The number of piperidine rings is 1. The first-order valence-corrected chi connectivity index (χ1v) is 11.6. The Morgan fingerprint density at radius 1 is 1.04 bits per heavy atom. The minimum atomic E-state index is -3.17. The Bertz CT molecular complexity index is 556. The van der Waals surface area contributed by atoms with Crippen molar-refractivity contribution in [1.29, 1.82) is 0 Å². The highest BCUT2D eigenvalue weighted by atomic mass is 32.2. The maximum atomic E-state index is 13.0. The van der Waals surface area contributed by atoms with Crippen molar-refractivity contribution in [2.24, 2.45) is 5.92 Å². The smallest absolute Gasteiger partial charge is 0.226 e. The third-order valence-corrected chi connectivity index (χ3v) is 8.00. The summed E-state index contributed by atoms with van der Waals surface area (Å²) in [5.74, 6) is 0.590. The molecule has 1 unspecified atom stereocenters. The van der Waals surface area contributed by atoms with Crippen molar-refractivity contribution in [3.05, 3.63) is 0 Å². The summed E-state index contributed by atoms with van der Waals surface area (Å²) in [5.41, 5.74) is 0. The van der Waals surface area contributed by atoms with Gasteiger partial charge in [-0.25, -0.2) is 8.42 Å². The summed E-state index contributed by atoms with van der Waals surface area (Å²) in [4.78, 5) is 17.5. The number of rotatable bonds is 7. The first-order valence-electron chi connectivity index (χ1n) is 10.0. The molecule has 3 aliphatic rings. The van der Waals surface area contributed by atoms with Crippen molar-refractivity contribution in [3.8, 4) is 0 Å². The fraction of sp³-hybridized carbons (Fsp3) is 0.944. The maximum absolute atomic E-state index is 13.0. The van der Waals surface area contributed by atoms with Crippen LogP contribution in [0.25, 0.3) is 0 Å². The van der Waals surface area contributed by atoms with Gasteiger partial charge in [-0.2, -0.15) is 4.31 Å². The molecule has 3 rings (SSSR count). The van der Waals surface area contributed by atoms with Gasteiger partial charge in [0.1, 0.15) is 0 Å². The van der Waals surface area contributed by atoms with E-state index in [1.165, 1.54) is 12.8 Å². The lowest BCUT2D eigenvalue weighted by atomic mass is 9.83. The molecule has 0 aromatic carbocycles. The molecule has 2 heterocycles. The first kappa shape index (κ1) is 19.1. The molecule has 1 amide bonds. The predicted octanol–water partition coefficient (Wildman–Crippen LogP) is 1.53. The van der Waals surface area contributed by atoms with Gasteiger partial charge >= 0.3 is 0 Å². The fourth-order valence-corrected chi connectivity index (χ4v) is 5.40. The molecule has 0 spiro atoms. The monoisotopic (exact) mass is 371 g/mol. The SMILES string of the molecule is CCS(=O)(=O)N1CCCC(N(CCN2CCCC2)C(=O)C2CCC2)C1. The summed E-state index contributed by atoms with van der Waals surface area (Å²) < 4.78 is 26.2. The molecule has 6 nitrogen and oxygen atoms in total. The van der Waals surface area contributed by atoms with Crippen LogP contribution >= 0.6 is 0 Å². The van der Waals surface area contributed by atoms with Gasteiger partial charge in [0.25, 0.3) is 0 Å². The number of amides is 1. The summed E-state index contributed by atoms with van der Waals surface area (Å²) in [7, 11) is -3.17. The lowest BCUT2D eigenvalue weighted by molar-refractivity contribution is -0.141. The Morgan fingerprint density at radius 2 is 1.76 bits per heavy atom. The van der Waals surface area contributed by atoms with Crippen molar-refractivity contribution < 1.29 is 13.2 Å². The summed E-state index contributed by atoms with van der Waals surface area (Å²) in [5, 5.41) is 0. The quantitative estimate of drug-likeness (QED) is 0.681. The van der Waals surface area contributed by atoms with E-state index in [1.54, 1.807) is 11.2 Å². The van der Waals surface area contributed by atoms with Gasteiger partial charge in [-0.3, -0.25) is 4.79 Å². The molecule has 0 aromatic heterocycles. The predicted molar refractivity (Wildman–Crippen MR) is 98.8 cm³/mol. The average molecular weight is 372 g/mol. The molecule has 1 atom stereocenters. The number of carbonyl (C=O) groups is 1. The molecule has 144 valence electrons. The molecule has 25 heavy (non-hydrogen) atoms. The minimum Gasteiger partial charge on any atom is -0.337 e. The molecule has 3 fully saturated rings. The van der Waals surface area contributed by atoms with E-state index >= 15 is 0 Å². The van der Waals surface area contributed by atoms with Gasteiger partial charge in [-0.05, 0) is 58.5 Å². The number of likely N-dealkylation sites (tertiary alicyclic amines) is 1. The van der Waals surface area contributed by atoms with Crippen LogP contribution < -0.4 is 0 Å². The highest BCUT2D eigenvalue weighted by Crippen LogP contribution is 2.30. The van der Waals surface area contributed by atoms with Crippen LogP contribution in [0.3, 0.4) is 0 Å². The summed E-state index contributed by atoms with van der Waals surface area (Å²) in [6.07, 6.45) is 7.43. The van der Waals surface area contributed by atoms with Crippen molar-refractivity contribution in [2.45, 2.75) is 57.9 Å². The number of sulfonamides is 1. The molecule has 0 radical (unpaired) electrons. The lowest BCUT2D eigenvalue weighted by Gasteiger charge is -2.42. The van der Waals surface area contributed by atoms with Gasteiger partial charge in [0.2, 0.25) is 15.9 Å². The number of hydrogen-bond acceptors (Lipinski definition) is 4. The largest absolute Gasteiger partial charge is 0.337 e. The second-order valence-electron chi connectivity index (χ2n) is 7.76. The third kappa shape index (κ3) is 4.55. The molecule has 0 aromatic rings. The number of carbonyl (C=O) groups excluding carboxylic acids is 1. The molecule has 7 heteroatoms. The van der Waals surface area contributed by atoms with Gasteiger partial charge in [0, 0.05) is 38.1 Å². The van der Waals surface area contributed by atoms with E-state index in [0.29, 0.717) is 13.1 Å². The van der Waals surface area contributed by atoms with Gasteiger partial charge in [0.15, 0.2) is 0 Å². The van der Waals surface area contributed by atoms with Gasteiger partial charge < -0.3 is 9.80 Å². The summed E-state index contributed by atoms with van der Waals surface area (Å²) in [6.45, 7) is 6.72. The number of hydrogen-bond donors (Lipinski definition) is 0. The fourth-order valence-electron chi connectivity index (χ4n) is 4.23. The summed E-state index contributed by atoms with van der Waals surface area (Å²) in [6, 6.07) is 0.0470. The van der Waals surface area contributed by atoms with E-state index in [2.05, 4.69) is 4.90 Å². The topological polar surface area (TPSA) is 60.9 Å². The Hall–Kier alpha value is -0.660. The van der Waals surface area contributed by atoms with Crippen LogP contribution in [-0.2, 0) is 14.8 Å². The van der Waals surface area contributed by atoms with Crippen LogP contribution in [0.4, 0.5) is 0 Å². The lowest BCUT2D eigenvalue weighted by Crippen LogP contribution is -2.55. The molecular formula is C18H33N3O3S. The summed E-state index contributed by atoms with van der Waals surface area (Å²) >= 11 is 0. The minimum absolute atomic E-state index is 0.0470. The average Bonchev–Trinajstić information content (AvgIpc) is 3.07. The zero-order valence-electron chi connectivity index (χ0n) is 15.5. The first-order chi connectivity index (χ1) is 12.0. The van der Waals surface area contributed by atoms with Crippen LogP contribution in [0.15, 0.2) is 0 Å². The Labute approximate surface area is 152 Å². The Balaban J connectivity index is 1.67. The van der Waals surface area contributed by atoms with E-state index < -0.39 is 10.0 Å². The molecule has 0 bridgehead atoms. The Morgan fingerprint density at radius 3 is 2.36 bits per heavy atom. The maximum Gasteiger partial charge on any atom is 0.226 e. The highest BCUT2D eigenvalue weighted by Gasteiger charge is 2.37. The molecule has 2 saturated heterocycles. The van der Waals surface area contributed by atoms with Crippen molar-refractivity contribution >= 4 is 15.9 Å². The Kier molecular flexibility index (Phi) is 6.39. The second-order valence-corrected chi connectivity index (χ2v) is 10.0. The second kappa shape index (κ2) is 8.35. The van der Waals surface area contributed by atoms with Gasteiger partial charge in [-0.1, -0.05) is 6.42 Å².